The molecule has 3 rings (SSSR count). The SMILES string of the molecule is COc1ccc2c(OCc3csc(C)n3)ccnc2c1. The highest BCUT2D eigenvalue weighted by Gasteiger charge is 2.06. The fourth-order valence-corrected chi connectivity index (χ4v) is 2.58. The quantitative estimate of drug-likeness (QED) is 0.735. The van der Waals surface area contributed by atoms with E-state index in [9.17, 15) is 0 Å². The summed E-state index contributed by atoms with van der Waals surface area (Å²) >= 11 is 1.63. The summed E-state index contributed by atoms with van der Waals surface area (Å²) in [7, 11) is 1.64. The Morgan fingerprint density at radius 2 is 2.15 bits per heavy atom. The smallest absolute Gasteiger partial charge is 0.131 e. The molecule has 3 aromatic rings. The van der Waals surface area contributed by atoms with Crippen LogP contribution in [0.3, 0.4) is 0 Å². The Hall–Kier alpha value is -2.14. The number of methoxy groups -OCH3 is 1. The third-order valence-electron chi connectivity index (χ3n) is 2.95. The van der Waals surface area contributed by atoms with Gasteiger partial charge in [0.1, 0.15) is 18.1 Å². The normalized spacial score (nSPS) is 10.7. The first-order valence-corrected chi connectivity index (χ1v) is 7.11. The van der Waals surface area contributed by atoms with Crippen LogP contribution in [0, 0.1) is 6.92 Å². The minimum Gasteiger partial charge on any atom is -0.497 e. The van der Waals surface area contributed by atoms with Crippen molar-refractivity contribution >= 4 is 22.2 Å². The van der Waals surface area contributed by atoms with E-state index in [-0.39, 0.29) is 0 Å². The number of nitrogens with zero attached hydrogens (tertiary/aromatic N) is 2. The molecule has 0 atom stereocenters. The molecule has 2 aromatic heterocycles. The van der Waals surface area contributed by atoms with E-state index in [0.717, 1.165) is 33.1 Å². The number of hydrogen-bond acceptors (Lipinski definition) is 5. The second-order valence-corrected chi connectivity index (χ2v) is 5.40. The number of rotatable bonds is 4. The van der Waals surface area contributed by atoms with Crippen LogP contribution in [0.2, 0.25) is 0 Å². The molecule has 20 heavy (non-hydrogen) atoms. The highest BCUT2D eigenvalue weighted by molar-refractivity contribution is 7.09. The molecule has 0 aliphatic heterocycles. The van der Waals surface area contributed by atoms with Gasteiger partial charge in [-0.15, -0.1) is 11.3 Å². The van der Waals surface area contributed by atoms with Crippen LogP contribution in [0.15, 0.2) is 35.8 Å². The van der Waals surface area contributed by atoms with Crippen molar-refractivity contribution in [3.05, 3.63) is 46.5 Å². The van der Waals surface area contributed by atoms with Gasteiger partial charge in [-0.05, 0) is 25.1 Å². The first kappa shape index (κ1) is 12.9. The van der Waals surface area contributed by atoms with Crippen LogP contribution >= 0.6 is 11.3 Å². The third-order valence-corrected chi connectivity index (χ3v) is 3.77. The number of fused-ring (bicyclic) bond motifs is 1. The average Bonchev–Trinajstić information content (AvgIpc) is 2.90. The maximum atomic E-state index is 5.86. The lowest BCUT2D eigenvalue weighted by molar-refractivity contribution is 0.305. The molecule has 5 heteroatoms. The van der Waals surface area contributed by atoms with Crippen molar-refractivity contribution in [2.24, 2.45) is 0 Å². The number of aryl methyl sites for hydroxylation is 1. The topological polar surface area (TPSA) is 44.2 Å². The van der Waals surface area contributed by atoms with Gasteiger partial charge in [0, 0.05) is 23.0 Å². The van der Waals surface area contributed by atoms with Crippen molar-refractivity contribution < 1.29 is 9.47 Å². The van der Waals surface area contributed by atoms with Gasteiger partial charge in [0.25, 0.3) is 0 Å². The largest absolute Gasteiger partial charge is 0.497 e. The molecule has 0 saturated heterocycles. The van der Waals surface area contributed by atoms with E-state index >= 15 is 0 Å². The molecule has 0 amide bonds. The Kier molecular flexibility index (Phi) is 3.52. The summed E-state index contributed by atoms with van der Waals surface area (Å²) in [5.41, 5.74) is 1.81. The summed E-state index contributed by atoms with van der Waals surface area (Å²) in [5, 5.41) is 4.04. The Labute approximate surface area is 121 Å². The van der Waals surface area contributed by atoms with Crippen LogP contribution in [0.1, 0.15) is 10.7 Å². The molecule has 1 aromatic carbocycles. The van der Waals surface area contributed by atoms with Gasteiger partial charge in [-0.2, -0.15) is 0 Å². The molecule has 0 aliphatic rings. The molecule has 0 fully saturated rings. The minimum atomic E-state index is 0.468. The molecule has 0 N–H and O–H groups in total. The third kappa shape index (κ3) is 2.58. The molecule has 2 heterocycles. The van der Waals surface area contributed by atoms with Gasteiger partial charge >= 0.3 is 0 Å². The van der Waals surface area contributed by atoms with E-state index in [1.165, 1.54) is 0 Å². The standard InChI is InChI=1S/C15H14N2O2S/c1-10-17-11(9-20-10)8-19-15-5-6-16-14-7-12(18-2)3-4-13(14)15/h3-7,9H,8H2,1-2H3. The summed E-state index contributed by atoms with van der Waals surface area (Å²) < 4.78 is 11.1. The van der Waals surface area contributed by atoms with Crippen molar-refractivity contribution in [2.75, 3.05) is 7.11 Å². The fourth-order valence-electron chi connectivity index (χ4n) is 1.98. The van der Waals surface area contributed by atoms with Crippen molar-refractivity contribution in [3.8, 4) is 11.5 Å². The average molecular weight is 286 g/mol. The zero-order valence-corrected chi connectivity index (χ0v) is 12.1. The van der Waals surface area contributed by atoms with Crippen LogP contribution in [0.4, 0.5) is 0 Å². The lowest BCUT2D eigenvalue weighted by atomic mass is 10.2. The summed E-state index contributed by atoms with van der Waals surface area (Å²) in [6.45, 7) is 2.46. The molecule has 0 radical (unpaired) electrons. The van der Waals surface area contributed by atoms with Gasteiger partial charge in [-0.25, -0.2) is 4.98 Å². The van der Waals surface area contributed by atoms with Crippen LogP contribution < -0.4 is 9.47 Å². The molecule has 102 valence electrons. The fraction of sp³-hybridized carbons (Fsp3) is 0.200. The highest BCUT2D eigenvalue weighted by atomic mass is 32.1. The van der Waals surface area contributed by atoms with Crippen molar-refractivity contribution in [3.63, 3.8) is 0 Å². The van der Waals surface area contributed by atoms with Crippen LogP contribution in [0.5, 0.6) is 11.5 Å². The van der Waals surface area contributed by atoms with E-state index < -0.39 is 0 Å². The van der Waals surface area contributed by atoms with Gasteiger partial charge in [-0.3, -0.25) is 4.98 Å². The predicted octanol–water partition coefficient (Wildman–Crippen LogP) is 3.59. The van der Waals surface area contributed by atoms with Crippen LogP contribution in [-0.2, 0) is 6.61 Å². The molecular weight excluding hydrogens is 272 g/mol. The lowest BCUT2D eigenvalue weighted by Gasteiger charge is -2.08. The van der Waals surface area contributed by atoms with E-state index in [1.807, 2.05) is 36.6 Å². The number of pyridine rings is 1. The second-order valence-electron chi connectivity index (χ2n) is 4.34. The molecule has 0 saturated carbocycles. The zero-order valence-electron chi connectivity index (χ0n) is 11.3. The summed E-state index contributed by atoms with van der Waals surface area (Å²) in [5.74, 6) is 1.60. The summed E-state index contributed by atoms with van der Waals surface area (Å²) in [6.07, 6.45) is 1.74. The van der Waals surface area contributed by atoms with Crippen molar-refractivity contribution in [1.29, 1.82) is 0 Å². The second kappa shape index (κ2) is 5.46. The van der Waals surface area contributed by atoms with E-state index in [4.69, 9.17) is 9.47 Å². The highest BCUT2D eigenvalue weighted by Crippen LogP contribution is 2.27. The molecular formula is C15H14N2O2S. The van der Waals surface area contributed by atoms with Crippen molar-refractivity contribution in [1.82, 2.24) is 9.97 Å². The van der Waals surface area contributed by atoms with Gasteiger partial charge in [0.05, 0.1) is 23.3 Å². The molecule has 0 aliphatic carbocycles. The Morgan fingerprint density at radius 1 is 1.25 bits per heavy atom. The summed E-state index contributed by atoms with van der Waals surface area (Å²) in [4.78, 5) is 8.73. The van der Waals surface area contributed by atoms with Gasteiger partial charge < -0.3 is 9.47 Å². The summed E-state index contributed by atoms with van der Waals surface area (Å²) in [6, 6.07) is 7.63. The van der Waals surface area contributed by atoms with Crippen LogP contribution in [-0.4, -0.2) is 17.1 Å². The van der Waals surface area contributed by atoms with Gasteiger partial charge in [-0.1, -0.05) is 0 Å². The van der Waals surface area contributed by atoms with E-state index in [0.29, 0.717) is 6.61 Å². The van der Waals surface area contributed by atoms with Gasteiger partial charge in [0.2, 0.25) is 0 Å². The Bertz CT molecular complexity index is 740. The minimum absolute atomic E-state index is 0.468. The Morgan fingerprint density at radius 3 is 2.90 bits per heavy atom. The number of thiazole rings is 1. The zero-order chi connectivity index (χ0) is 13.9. The number of ether oxygens (including phenoxy) is 2. The number of aromatic nitrogens is 2. The monoisotopic (exact) mass is 286 g/mol. The van der Waals surface area contributed by atoms with E-state index in [1.54, 1.807) is 24.6 Å². The van der Waals surface area contributed by atoms with Crippen LogP contribution in [0.25, 0.3) is 10.9 Å². The van der Waals surface area contributed by atoms with Crippen molar-refractivity contribution in [2.45, 2.75) is 13.5 Å². The van der Waals surface area contributed by atoms with Gasteiger partial charge in [0.15, 0.2) is 0 Å². The maximum absolute atomic E-state index is 5.86. The molecule has 4 nitrogen and oxygen atoms in total. The number of benzene rings is 1. The molecule has 0 spiro atoms. The Balaban J connectivity index is 1.87. The maximum Gasteiger partial charge on any atom is 0.131 e. The number of hydrogen-bond donors (Lipinski definition) is 0. The lowest BCUT2D eigenvalue weighted by Crippen LogP contribution is -1.97. The first-order valence-electron chi connectivity index (χ1n) is 6.23. The van der Waals surface area contributed by atoms with E-state index in [2.05, 4.69) is 9.97 Å². The first-order chi connectivity index (χ1) is 9.76. The molecule has 0 bridgehead atoms. The molecule has 0 unspecified atom stereocenters. The predicted molar refractivity (Wildman–Crippen MR) is 79.5 cm³/mol.